The average molecular weight is 423 g/mol. The second-order valence-electron chi connectivity index (χ2n) is 6.51. The number of ketones is 1. The van der Waals surface area contributed by atoms with E-state index in [0.717, 1.165) is 16.7 Å². The molecule has 0 atom stereocenters. The van der Waals surface area contributed by atoms with Gasteiger partial charge in [-0.05, 0) is 67.1 Å². The highest BCUT2D eigenvalue weighted by molar-refractivity contribution is 6.33. The van der Waals surface area contributed by atoms with Crippen LogP contribution in [0.4, 0.5) is 0 Å². The standard InChI is InChI=1S/C24H16Cl2O3/c1-15-6-7-16(14-20(15)26)22-11-9-17(28-22)8-10-21(27)24-13-12-23(29-24)18-4-2-3-5-19(18)25/h2-14H,1H3. The zero-order valence-electron chi connectivity index (χ0n) is 15.5. The first-order valence-corrected chi connectivity index (χ1v) is 9.70. The molecule has 0 N–H and O–H groups in total. The van der Waals surface area contributed by atoms with Crippen LogP contribution >= 0.6 is 23.2 Å². The Kier molecular flexibility index (Phi) is 5.43. The van der Waals surface area contributed by atoms with Crippen molar-refractivity contribution < 1.29 is 13.6 Å². The number of aryl methyl sites for hydroxylation is 1. The highest BCUT2D eigenvalue weighted by atomic mass is 35.5. The molecule has 0 unspecified atom stereocenters. The molecule has 0 aliphatic carbocycles. The Hall–Kier alpha value is -3.01. The van der Waals surface area contributed by atoms with Crippen LogP contribution in [-0.2, 0) is 0 Å². The minimum atomic E-state index is -0.264. The molecule has 2 aromatic carbocycles. The van der Waals surface area contributed by atoms with Crippen molar-refractivity contribution in [1.29, 1.82) is 0 Å². The lowest BCUT2D eigenvalue weighted by atomic mass is 10.1. The summed E-state index contributed by atoms with van der Waals surface area (Å²) in [5, 5.41) is 1.24. The van der Waals surface area contributed by atoms with Crippen molar-refractivity contribution in [2.24, 2.45) is 0 Å². The second-order valence-corrected chi connectivity index (χ2v) is 7.32. The predicted molar refractivity (Wildman–Crippen MR) is 116 cm³/mol. The lowest BCUT2D eigenvalue weighted by Crippen LogP contribution is -1.90. The fourth-order valence-corrected chi connectivity index (χ4v) is 3.27. The quantitative estimate of drug-likeness (QED) is 0.244. The van der Waals surface area contributed by atoms with E-state index in [0.29, 0.717) is 27.3 Å². The normalized spacial score (nSPS) is 11.3. The van der Waals surface area contributed by atoms with E-state index in [1.54, 1.807) is 30.3 Å². The second kappa shape index (κ2) is 8.16. The molecular weight excluding hydrogens is 407 g/mol. The van der Waals surface area contributed by atoms with Crippen molar-refractivity contribution in [2.75, 3.05) is 0 Å². The third kappa shape index (κ3) is 4.21. The van der Waals surface area contributed by atoms with Crippen LogP contribution < -0.4 is 0 Å². The molecule has 4 rings (SSSR count). The molecule has 0 spiro atoms. The van der Waals surface area contributed by atoms with Gasteiger partial charge in [0, 0.05) is 16.1 Å². The molecule has 0 fully saturated rings. The summed E-state index contributed by atoms with van der Waals surface area (Å²) in [4.78, 5) is 12.4. The Labute approximate surface area is 178 Å². The molecule has 3 nitrogen and oxygen atoms in total. The van der Waals surface area contributed by atoms with Crippen molar-refractivity contribution in [3.63, 3.8) is 0 Å². The van der Waals surface area contributed by atoms with E-state index in [-0.39, 0.29) is 11.5 Å². The Balaban J connectivity index is 1.50. The van der Waals surface area contributed by atoms with Gasteiger partial charge in [-0.25, -0.2) is 0 Å². The van der Waals surface area contributed by atoms with E-state index in [4.69, 9.17) is 32.0 Å². The summed E-state index contributed by atoms with van der Waals surface area (Å²) in [5.41, 5.74) is 2.62. The summed E-state index contributed by atoms with van der Waals surface area (Å²) in [7, 11) is 0. The van der Waals surface area contributed by atoms with Crippen LogP contribution in [0.25, 0.3) is 28.7 Å². The van der Waals surface area contributed by atoms with Gasteiger partial charge >= 0.3 is 0 Å². The molecule has 144 valence electrons. The lowest BCUT2D eigenvalue weighted by Gasteiger charge is -2.00. The van der Waals surface area contributed by atoms with Gasteiger partial charge in [0.05, 0.1) is 5.02 Å². The Morgan fingerprint density at radius 2 is 1.66 bits per heavy atom. The molecule has 0 saturated carbocycles. The maximum atomic E-state index is 12.4. The number of hydrogen-bond acceptors (Lipinski definition) is 3. The molecular formula is C24H16Cl2O3. The van der Waals surface area contributed by atoms with E-state index < -0.39 is 0 Å². The smallest absolute Gasteiger partial charge is 0.221 e. The van der Waals surface area contributed by atoms with Crippen molar-refractivity contribution in [2.45, 2.75) is 6.92 Å². The van der Waals surface area contributed by atoms with E-state index in [1.807, 2.05) is 49.4 Å². The zero-order chi connectivity index (χ0) is 20.4. The maximum Gasteiger partial charge on any atom is 0.221 e. The third-order valence-electron chi connectivity index (χ3n) is 4.47. The van der Waals surface area contributed by atoms with Gasteiger partial charge in [0.2, 0.25) is 5.78 Å². The number of carbonyl (C=O) groups excluding carboxylic acids is 1. The van der Waals surface area contributed by atoms with Crippen LogP contribution in [0, 0.1) is 6.92 Å². The fourth-order valence-electron chi connectivity index (χ4n) is 2.86. The van der Waals surface area contributed by atoms with E-state index >= 15 is 0 Å². The summed E-state index contributed by atoms with van der Waals surface area (Å²) in [6.07, 6.45) is 3.03. The topological polar surface area (TPSA) is 43.4 Å². The van der Waals surface area contributed by atoms with E-state index in [1.165, 1.54) is 6.08 Å². The van der Waals surface area contributed by atoms with Crippen molar-refractivity contribution in [3.8, 4) is 22.6 Å². The largest absolute Gasteiger partial charge is 0.457 e. The van der Waals surface area contributed by atoms with Gasteiger partial charge in [-0.15, -0.1) is 0 Å². The van der Waals surface area contributed by atoms with E-state index in [9.17, 15) is 4.79 Å². The molecule has 0 radical (unpaired) electrons. The molecule has 4 aromatic rings. The van der Waals surface area contributed by atoms with Gasteiger partial charge in [-0.1, -0.05) is 47.5 Å². The van der Waals surface area contributed by atoms with Crippen LogP contribution in [-0.4, -0.2) is 5.78 Å². The van der Waals surface area contributed by atoms with Gasteiger partial charge < -0.3 is 8.83 Å². The third-order valence-corrected chi connectivity index (χ3v) is 5.21. The van der Waals surface area contributed by atoms with Crippen LogP contribution in [0.15, 0.2) is 81.6 Å². The Morgan fingerprint density at radius 3 is 2.45 bits per heavy atom. The summed E-state index contributed by atoms with van der Waals surface area (Å²) in [5.74, 6) is 1.75. The number of allylic oxidation sites excluding steroid dienone is 1. The molecule has 0 aliphatic rings. The van der Waals surface area contributed by atoms with Gasteiger partial charge in [0.25, 0.3) is 0 Å². The van der Waals surface area contributed by atoms with Crippen molar-refractivity contribution in [1.82, 2.24) is 0 Å². The van der Waals surface area contributed by atoms with Crippen molar-refractivity contribution >= 4 is 35.1 Å². The van der Waals surface area contributed by atoms with E-state index in [2.05, 4.69) is 0 Å². The van der Waals surface area contributed by atoms with Crippen LogP contribution in [0.5, 0.6) is 0 Å². The van der Waals surface area contributed by atoms with Gasteiger partial charge in [0.1, 0.15) is 17.3 Å². The number of rotatable bonds is 5. The van der Waals surface area contributed by atoms with Crippen LogP contribution in [0.3, 0.4) is 0 Å². The SMILES string of the molecule is Cc1ccc(-c2ccc(C=CC(=O)c3ccc(-c4ccccc4Cl)o3)o2)cc1Cl. The number of benzene rings is 2. The molecule has 0 bridgehead atoms. The molecule has 2 heterocycles. The molecule has 29 heavy (non-hydrogen) atoms. The molecule has 0 aliphatic heterocycles. The monoisotopic (exact) mass is 422 g/mol. The number of furan rings is 2. The maximum absolute atomic E-state index is 12.4. The number of hydrogen-bond donors (Lipinski definition) is 0. The Morgan fingerprint density at radius 1 is 0.862 bits per heavy atom. The average Bonchev–Trinajstić information content (AvgIpc) is 3.38. The highest BCUT2D eigenvalue weighted by Crippen LogP contribution is 2.30. The van der Waals surface area contributed by atoms with Crippen molar-refractivity contribution in [3.05, 3.63) is 99.9 Å². The molecule has 5 heteroatoms. The summed E-state index contributed by atoms with van der Waals surface area (Å²) >= 11 is 12.4. The first kappa shape index (κ1) is 19.3. The zero-order valence-corrected chi connectivity index (χ0v) is 17.0. The molecule has 0 saturated heterocycles. The lowest BCUT2D eigenvalue weighted by molar-refractivity contribution is 0.102. The minimum Gasteiger partial charge on any atom is -0.457 e. The first-order valence-electron chi connectivity index (χ1n) is 8.95. The molecule has 2 aromatic heterocycles. The van der Waals surface area contributed by atoms with Crippen LogP contribution in [0.2, 0.25) is 10.0 Å². The fraction of sp³-hybridized carbons (Fsp3) is 0.0417. The minimum absolute atomic E-state index is 0.230. The Bertz CT molecular complexity index is 1210. The first-order chi connectivity index (χ1) is 14.0. The molecule has 0 amide bonds. The van der Waals surface area contributed by atoms with Gasteiger partial charge in [-0.3, -0.25) is 4.79 Å². The van der Waals surface area contributed by atoms with Crippen LogP contribution in [0.1, 0.15) is 21.9 Å². The van der Waals surface area contributed by atoms with Gasteiger partial charge in [-0.2, -0.15) is 0 Å². The predicted octanol–water partition coefficient (Wildman–Crippen LogP) is 7.72. The number of carbonyl (C=O) groups is 1. The summed E-state index contributed by atoms with van der Waals surface area (Å²) in [6.45, 7) is 1.94. The van der Waals surface area contributed by atoms with Gasteiger partial charge in [0.15, 0.2) is 5.76 Å². The highest BCUT2D eigenvalue weighted by Gasteiger charge is 2.12. The number of halogens is 2. The summed E-state index contributed by atoms with van der Waals surface area (Å²) in [6, 6.07) is 20.0. The summed E-state index contributed by atoms with van der Waals surface area (Å²) < 4.78 is 11.5.